The van der Waals surface area contributed by atoms with E-state index >= 15 is 0 Å². The molecule has 230 valence electrons. The van der Waals surface area contributed by atoms with Gasteiger partial charge in [-0.2, -0.15) is 0 Å². The van der Waals surface area contributed by atoms with Crippen molar-refractivity contribution in [3.8, 4) is 11.5 Å². The molecule has 3 aliphatic carbocycles. The minimum Gasteiger partial charge on any atom is -0.485 e. The van der Waals surface area contributed by atoms with Gasteiger partial charge < -0.3 is 24.6 Å². The molecular formula is C37H42N2O5. The molecule has 3 aromatic rings. The molecule has 1 saturated heterocycles. The van der Waals surface area contributed by atoms with Gasteiger partial charge in [-0.3, -0.25) is 9.69 Å². The molecule has 0 unspecified atom stereocenters. The molecule has 44 heavy (non-hydrogen) atoms. The van der Waals surface area contributed by atoms with Crippen LogP contribution in [0.4, 0.5) is 0 Å². The molecule has 2 heterocycles. The van der Waals surface area contributed by atoms with Gasteiger partial charge in [-0.15, -0.1) is 0 Å². The third kappa shape index (κ3) is 4.31. The molecule has 0 aromatic heterocycles. The third-order valence-corrected chi connectivity index (χ3v) is 11.3. The summed E-state index contributed by atoms with van der Waals surface area (Å²) in [6, 6.07) is 24.2. The highest BCUT2D eigenvalue weighted by molar-refractivity contribution is 5.80. The van der Waals surface area contributed by atoms with E-state index in [9.17, 15) is 15.0 Å². The van der Waals surface area contributed by atoms with Crippen molar-refractivity contribution in [3.05, 3.63) is 95.1 Å². The second-order valence-electron chi connectivity index (χ2n) is 13.8. The van der Waals surface area contributed by atoms with E-state index in [0.717, 1.165) is 36.2 Å². The Bertz CT molecular complexity index is 1540. The van der Waals surface area contributed by atoms with Gasteiger partial charge in [-0.05, 0) is 73.7 Å². The Hall–Kier alpha value is -3.39. The smallest absolute Gasteiger partial charge is 0.228 e. The van der Waals surface area contributed by atoms with E-state index in [0.29, 0.717) is 43.4 Å². The first-order valence-corrected chi connectivity index (χ1v) is 16.3. The SMILES string of the molecule is CN(CCc1ccccc1)C(=O)[C@@H]1C[C@@]2(O)[C@H]3Cc4ccc(OCc5ccccc5)c5c4[C@@]2(CCN3CC2CC2)[C@@H](O5)[C@H]1O. The molecule has 0 radical (unpaired) electrons. The quantitative estimate of drug-likeness (QED) is 0.388. The summed E-state index contributed by atoms with van der Waals surface area (Å²) in [6.45, 7) is 2.76. The Labute approximate surface area is 259 Å². The van der Waals surface area contributed by atoms with Crippen molar-refractivity contribution in [3.63, 3.8) is 0 Å². The van der Waals surface area contributed by atoms with Crippen molar-refractivity contribution in [1.29, 1.82) is 0 Å². The number of amides is 1. The second kappa shape index (κ2) is 10.6. The van der Waals surface area contributed by atoms with Gasteiger partial charge >= 0.3 is 0 Å². The lowest BCUT2D eigenvalue weighted by atomic mass is 9.47. The number of likely N-dealkylation sites (tertiary alicyclic amines) is 1. The fraction of sp³-hybridized carbons (Fsp3) is 0.486. The van der Waals surface area contributed by atoms with Crippen molar-refractivity contribution in [2.75, 3.05) is 26.7 Å². The molecule has 2 N–H and O–H groups in total. The van der Waals surface area contributed by atoms with Gasteiger partial charge in [0, 0.05) is 31.7 Å². The van der Waals surface area contributed by atoms with Gasteiger partial charge in [0.05, 0.1) is 16.9 Å². The minimum absolute atomic E-state index is 0.130. The van der Waals surface area contributed by atoms with E-state index in [1.165, 1.54) is 18.4 Å². The monoisotopic (exact) mass is 594 g/mol. The van der Waals surface area contributed by atoms with Crippen LogP contribution in [0.3, 0.4) is 0 Å². The number of carbonyl (C=O) groups excluding carboxylic acids is 1. The molecule has 2 bridgehead atoms. The van der Waals surface area contributed by atoms with Crippen molar-refractivity contribution in [1.82, 2.24) is 9.80 Å². The Kier molecular flexibility index (Phi) is 6.78. The van der Waals surface area contributed by atoms with Gasteiger partial charge in [0.1, 0.15) is 18.8 Å². The number of hydrogen-bond acceptors (Lipinski definition) is 6. The third-order valence-electron chi connectivity index (χ3n) is 11.3. The number of hydrogen-bond donors (Lipinski definition) is 2. The molecule has 1 amide bonds. The predicted octanol–water partition coefficient (Wildman–Crippen LogP) is 4.12. The molecular weight excluding hydrogens is 552 g/mol. The zero-order chi connectivity index (χ0) is 30.1. The number of rotatable bonds is 9. The number of likely N-dealkylation sites (N-methyl/N-ethyl adjacent to an activating group) is 1. The molecule has 7 heteroatoms. The van der Waals surface area contributed by atoms with Crippen LogP contribution >= 0.6 is 0 Å². The topological polar surface area (TPSA) is 82.5 Å². The Morgan fingerprint density at radius 3 is 2.50 bits per heavy atom. The van der Waals surface area contributed by atoms with Crippen LogP contribution in [0.1, 0.15) is 47.9 Å². The molecule has 3 fully saturated rings. The molecule has 3 aromatic carbocycles. The van der Waals surface area contributed by atoms with Crippen LogP contribution in [-0.4, -0.2) is 76.5 Å². The summed E-state index contributed by atoms with van der Waals surface area (Å²) in [5, 5.41) is 25.1. The molecule has 2 saturated carbocycles. The van der Waals surface area contributed by atoms with E-state index in [1.54, 1.807) is 4.90 Å². The largest absolute Gasteiger partial charge is 0.485 e. The first kappa shape index (κ1) is 28.1. The normalized spacial score (nSPS) is 31.6. The van der Waals surface area contributed by atoms with E-state index in [-0.39, 0.29) is 18.4 Å². The lowest BCUT2D eigenvalue weighted by Gasteiger charge is -2.64. The Balaban J connectivity index is 1.14. The maximum Gasteiger partial charge on any atom is 0.228 e. The number of aliphatic hydroxyl groups is 2. The number of ether oxygens (including phenoxy) is 2. The summed E-state index contributed by atoms with van der Waals surface area (Å²) in [5.74, 6) is 1.07. The van der Waals surface area contributed by atoms with Gasteiger partial charge in [-0.1, -0.05) is 66.7 Å². The second-order valence-corrected chi connectivity index (χ2v) is 13.8. The fourth-order valence-electron chi connectivity index (χ4n) is 8.89. The summed E-state index contributed by atoms with van der Waals surface area (Å²) in [6.07, 6.45) is 3.05. The fourth-order valence-corrected chi connectivity index (χ4v) is 8.89. The first-order valence-electron chi connectivity index (χ1n) is 16.3. The molecule has 1 spiro atoms. The predicted molar refractivity (Wildman–Crippen MR) is 167 cm³/mol. The van der Waals surface area contributed by atoms with E-state index in [4.69, 9.17) is 9.47 Å². The average Bonchev–Trinajstić information content (AvgIpc) is 3.79. The standard InChI is InChI=1S/C37H42N2O5/c1-38(18-16-24-8-4-2-5-9-24)35(41)28-21-37(42)30-20-27-14-15-29(43-23-26-10-6-3-7-11-26)33-31(27)36(37,34(44-33)32(28)40)17-19-39(30)22-25-12-13-25/h2-11,14-15,25,28,30,32,34,40,42H,12-13,16-23H2,1H3/t28-,30-,32+,34+,36+,37-/m1/s1. The van der Waals surface area contributed by atoms with Crippen LogP contribution in [0.5, 0.6) is 11.5 Å². The summed E-state index contributed by atoms with van der Waals surface area (Å²) < 4.78 is 13.1. The van der Waals surface area contributed by atoms with Gasteiger partial charge in [0.2, 0.25) is 5.91 Å². The van der Waals surface area contributed by atoms with Gasteiger partial charge in [0.15, 0.2) is 11.5 Å². The first-order chi connectivity index (χ1) is 21.4. The van der Waals surface area contributed by atoms with Crippen molar-refractivity contribution in [2.45, 2.75) is 74.4 Å². The summed E-state index contributed by atoms with van der Waals surface area (Å²) in [4.78, 5) is 18.3. The summed E-state index contributed by atoms with van der Waals surface area (Å²) >= 11 is 0. The number of aliphatic hydroxyl groups excluding tert-OH is 1. The average molecular weight is 595 g/mol. The number of nitrogens with zero attached hydrogens (tertiary/aromatic N) is 2. The van der Waals surface area contributed by atoms with E-state index in [2.05, 4.69) is 23.1 Å². The van der Waals surface area contributed by atoms with Crippen molar-refractivity contribution >= 4 is 5.91 Å². The van der Waals surface area contributed by atoms with Crippen LogP contribution < -0.4 is 9.47 Å². The summed E-state index contributed by atoms with van der Waals surface area (Å²) in [5.41, 5.74) is 2.39. The van der Waals surface area contributed by atoms with Crippen LogP contribution in [0.25, 0.3) is 0 Å². The molecule has 6 atom stereocenters. The zero-order valence-corrected chi connectivity index (χ0v) is 25.4. The van der Waals surface area contributed by atoms with Crippen molar-refractivity contribution < 1.29 is 24.5 Å². The lowest BCUT2D eigenvalue weighted by Crippen LogP contribution is -2.79. The number of piperidine rings is 1. The van der Waals surface area contributed by atoms with Crippen molar-refractivity contribution in [2.24, 2.45) is 11.8 Å². The highest BCUT2D eigenvalue weighted by atomic mass is 16.5. The van der Waals surface area contributed by atoms with Crippen LogP contribution in [0.15, 0.2) is 72.8 Å². The molecule has 8 rings (SSSR count). The Morgan fingerprint density at radius 1 is 1.05 bits per heavy atom. The van der Waals surface area contributed by atoms with E-state index < -0.39 is 29.1 Å². The maximum absolute atomic E-state index is 14.1. The molecule has 2 aliphatic heterocycles. The minimum atomic E-state index is -1.21. The van der Waals surface area contributed by atoms with Crippen LogP contribution in [0.2, 0.25) is 0 Å². The van der Waals surface area contributed by atoms with Crippen LogP contribution in [0, 0.1) is 11.8 Å². The molecule has 7 nitrogen and oxygen atoms in total. The number of benzene rings is 3. The van der Waals surface area contributed by atoms with Crippen LogP contribution in [-0.2, 0) is 29.7 Å². The summed E-state index contributed by atoms with van der Waals surface area (Å²) in [7, 11) is 1.81. The highest BCUT2D eigenvalue weighted by Gasteiger charge is 2.75. The lowest BCUT2D eigenvalue weighted by molar-refractivity contribution is -0.225. The zero-order valence-electron chi connectivity index (χ0n) is 25.4. The van der Waals surface area contributed by atoms with E-state index in [1.807, 2.05) is 61.6 Å². The Morgan fingerprint density at radius 2 is 1.77 bits per heavy atom. The van der Waals surface area contributed by atoms with Gasteiger partial charge in [-0.25, -0.2) is 0 Å². The number of carbonyl (C=O) groups is 1. The van der Waals surface area contributed by atoms with Gasteiger partial charge in [0.25, 0.3) is 0 Å². The maximum atomic E-state index is 14.1. The highest BCUT2D eigenvalue weighted by Crippen LogP contribution is 2.66. The molecule has 5 aliphatic rings.